The van der Waals surface area contributed by atoms with Crippen LogP contribution >= 0.6 is 22.7 Å². The minimum Gasteiger partial charge on any atom is -0.341 e. The number of aromatic nitrogens is 2. The lowest BCUT2D eigenvalue weighted by Gasteiger charge is -2.26. The molecular formula is C18H19N3O2S2. The van der Waals surface area contributed by atoms with Crippen LogP contribution in [0, 0.1) is 6.92 Å². The van der Waals surface area contributed by atoms with Gasteiger partial charge in [0.15, 0.2) is 0 Å². The molecule has 7 heteroatoms. The zero-order chi connectivity index (χ0) is 17.4. The lowest BCUT2D eigenvalue weighted by Crippen LogP contribution is -2.39. The monoisotopic (exact) mass is 373 g/mol. The van der Waals surface area contributed by atoms with Gasteiger partial charge in [0.25, 0.3) is 5.56 Å². The average molecular weight is 374 g/mol. The summed E-state index contributed by atoms with van der Waals surface area (Å²) in [6.45, 7) is 3.71. The second-order valence-corrected chi connectivity index (χ2v) is 8.50. The first-order valence-corrected chi connectivity index (χ1v) is 10.1. The van der Waals surface area contributed by atoms with E-state index in [2.05, 4.69) is 18.0 Å². The molecule has 4 heterocycles. The SMILES string of the molecule is Cc1ccc(-c2csc3ncn(CC(=O)N4CCCCC4)c(=O)c23)s1. The van der Waals surface area contributed by atoms with Gasteiger partial charge in [-0.05, 0) is 38.3 Å². The van der Waals surface area contributed by atoms with Gasteiger partial charge in [-0.15, -0.1) is 22.7 Å². The largest absolute Gasteiger partial charge is 0.341 e. The highest BCUT2D eigenvalue weighted by Crippen LogP contribution is 2.34. The number of rotatable bonds is 3. The predicted molar refractivity (Wildman–Crippen MR) is 102 cm³/mol. The third-order valence-electron chi connectivity index (χ3n) is 4.58. The number of likely N-dealkylation sites (tertiary alicyclic amines) is 1. The van der Waals surface area contributed by atoms with Crippen molar-refractivity contribution in [2.45, 2.75) is 32.7 Å². The zero-order valence-electron chi connectivity index (χ0n) is 14.0. The fourth-order valence-electron chi connectivity index (χ4n) is 3.23. The maximum Gasteiger partial charge on any atom is 0.263 e. The second kappa shape index (κ2) is 6.72. The Hall–Kier alpha value is -1.99. The van der Waals surface area contributed by atoms with E-state index in [0.29, 0.717) is 5.39 Å². The number of hydrogen-bond acceptors (Lipinski definition) is 5. The molecule has 3 aromatic heterocycles. The number of hydrogen-bond donors (Lipinski definition) is 0. The van der Waals surface area contributed by atoms with E-state index >= 15 is 0 Å². The van der Waals surface area contributed by atoms with Crippen molar-refractivity contribution in [3.8, 4) is 10.4 Å². The van der Waals surface area contributed by atoms with Crippen molar-refractivity contribution in [1.82, 2.24) is 14.5 Å². The molecule has 1 fully saturated rings. The predicted octanol–water partition coefficient (Wildman–Crippen LogP) is 3.51. The summed E-state index contributed by atoms with van der Waals surface area (Å²) in [7, 11) is 0. The number of fused-ring (bicyclic) bond motifs is 1. The van der Waals surface area contributed by atoms with E-state index < -0.39 is 0 Å². The fraction of sp³-hybridized carbons (Fsp3) is 0.389. The molecule has 4 rings (SSSR count). The van der Waals surface area contributed by atoms with Crippen LogP contribution in [0.5, 0.6) is 0 Å². The van der Waals surface area contributed by atoms with Gasteiger partial charge in [0, 0.05) is 33.8 Å². The fourth-order valence-corrected chi connectivity index (χ4v) is 5.09. The second-order valence-electron chi connectivity index (χ2n) is 6.36. The summed E-state index contributed by atoms with van der Waals surface area (Å²) < 4.78 is 1.45. The number of aryl methyl sites for hydroxylation is 1. The third-order valence-corrected chi connectivity index (χ3v) is 6.50. The summed E-state index contributed by atoms with van der Waals surface area (Å²) in [6, 6.07) is 4.09. The smallest absolute Gasteiger partial charge is 0.263 e. The molecule has 0 spiro atoms. The summed E-state index contributed by atoms with van der Waals surface area (Å²) in [5, 5.41) is 2.61. The molecule has 1 saturated heterocycles. The number of amides is 1. The summed E-state index contributed by atoms with van der Waals surface area (Å²) >= 11 is 3.14. The molecule has 0 unspecified atom stereocenters. The highest BCUT2D eigenvalue weighted by molar-refractivity contribution is 7.19. The number of carbonyl (C=O) groups is 1. The van der Waals surface area contributed by atoms with Crippen LogP contribution in [0.2, 0.25) is 0 Å². The van der Waals surface area contributed by atoms with Crippen LogP contribution in [-0.2, 0) is 11.3 Å². The molecule has 130 valence electrons. The van der Waals surface area contributed by atoms with Crippen molar-refractivity contribution in [2.24, 2.45) is 0 Å². The van der Waals surface area contributed by atoms with Gasteiger partial charge < -0.3 is 4.90 Å². The summed E-state index contributed by atoms with van der Waals surface area (Å²) in [5.41, 5.74) is 0.799. The minimum absolute atomic E-state index is 0.00620. The number of nitrogens with zero attached hydrogens (tertiary/aromatic N) is 3. The highest BCUT2D eigenvalue weighted by atomic mass is 32.1. The van der Waals surface area contributed by atoms with E-state index in [0.717, 1.165) is 41.2 Å². The van der Waals surface area contributed by atoms with E-state index in [1.165, 1.54) is 33.5 Å². The molecule has 0 N–H and O–H groups in total. The van der Waals surface area contributed by atoms with Gasteiger partial charge in [0.1, 0.15) is 11.4 Å². The zero-order valence-corrected chi connectivity index (χ0v) is 15.7. The number of piperidine rings is 1. The molecule has 0 radical (unpaired) electrons. The normalized spacial score (nSPS) is 15.0. The quantitative estimate of drug-likeness (QED) is 0.706. The number of thiophene rings is 2. The average Bonchev–Trinajstić information content (AvgIpc) is 3.24. The Morgan fingerprint density at radius 3 is 2.76 bits per heavy atom. The van der Waals surface area contributed by atoms with E-state index in [-0.39, 0.29) is 18.0 Å². The number of carbonyl (C=O) groups excluding carboxylic acids is 1. The summed E-state index contributed by atoms with van der Waals surface area (Å²) in [4.78, 5) is 34.7. The lowest BCUT2D eigenvalue weighted by molar-refractivity contribution is -0.132. The molecule has 0 bridgehead atoms. The Morgan fingerprint density at radius 2 is 2.04 bits per heavy atom. The van der Waals surface area contributed by atoms with Gasteiger partial charge in [-0.3, -0.25) is 14.2 Å². The lowest BCUT2D eigenvalue weighted by atomic mass is 10.1. The topological polar surface area (TPSA) is 55.2 Å². The van der Waals surface area contributed by atoms with Crippen molar-refractivity contribution in [2.75, 3.05) is 13.1 Å². The molecule has 5 nitrogen and oxygen atoms in total. The summed E-state index contributed by atoms with van der Waals surface area (Å²) in [6.07, 6.45) is 4.77. The molecule has 0 aromatic carbocycles. The molecule has 1 aliphatic heterocycles. The van der Waals surface area contributed by atoms with Crippen molar-refractivity contribution >= 4 is 38.8 Å². The summed E-state index contributed by atoms with van der Waals surface area (Å²) in [5.74, 6) is 0.00620. The highest BCUT2D eigenvalue weighted by Gasteiger charge is 2.19. The van der Waals surface area contributed by atoms with Gasteiger partial charge in [-0.1, -0.05) is 0 Å². The minimum atomic E-state index is -0.127. The van der Waals surface area contributed by atoms with Gasteiger partial charge in [0.05, 0.1) is 11.7 Å². The third kappa shape index (κ3) is 3.14. The molecule has 0 atom stereocenters. The maximum absolute atomic E-state index is 13.0. The first-order chi connectivity index (χ1) is 12.1. The van der Waals surface area contributed by atoms with Crippen molar-refractivity contribution in [1.29, 1.82) is 0 Å². The van der Waals surface area contributed by atoms with Crippen LogP contribution in [0.25, 0.3) is 20.7 Å². The van der Waals surface area contributed by atoms with Gasteiger partial charge in [-0.2, -0.15) is 0 Å². The van der Waals surface area contributed by atoms with E-state index in [1.54, 1.807) is 11.3 Å². The van der Waals surface area contributed by atoms with Crippen molar-refractivity contribution < 1.29 is 4.79 Å². The Kier molecular flexibility index (Phi) is 4.43. The van der Waals surface area contributed by atoms with Crippen molar-refractivity contribution in [3.05, 3.63) is 39.1 Å². The first-order valence-electron chi connectivity index (χ1n) is 8.45. The molecule has 0 aliphatic carbocycles. The van der Waals surface area contributed by atoms with E-state index in [4.69, 9.17) is 0 Å². The Bertz CT molecular complexity index is 980. The Labute approximate surface area is 153 Å². The molecule has 1 amide bonds. The standard InChI is InChI=1S/C18H19N3O2S2/c1-12-5-6-14(25-12)13-10-24-17-16(13)18(23)21(11-19-17)9-15(22)20-7-3-2-4-8-20/h5-6,10-11H,2-4,7-9H2,1H3. The van der Waals surface area contributed by atoms with Crippen molar-refractivity contribution in [3.63, 3.8) is 0 Å². The van der Waals surface area contributed by atoms with E-state index in [1.807, 2.05) is 16.3 Å². The van der Waals surface area contributed by atoms with Crippen LogP contribution in [0.4, 0.5) is 0 Å². The van der Waals surface area contributed by atoms with E-state index in [9.17, 15) is 9.59 Å². The Balaban J connectivity index is 1.70. The molecule has 25 heavy (non-hydrogen) atoms. The van der Waals surface area contributed by atoms with Crippen LogP contribution in [0.3, 0.4) is 0 Å². The Morgan fingerprint density at radius 1 is 1.24 bits per heavy atom. The van der Waals surface area contributed by atoms with Crippen LogP contribution in [0.15, 0.2) is 28.6 Å². The van der Waals surface area contributed by atoms with Crippen LogP contribution in [-0.4, -0.2) is 33.4 Å². The molecule has 0 saturated carbocycles. The molecule has 3 aromatic rings. The van der Waals surface area contributed by atoms with Crippen LogP contribution in [0.1, 0.15) is 24.1 Å². The van der Waals surface area contributed by atoms with Gasteiger partial charge >= 0.3 is 0 Å². The molecule has 1 aliphatic rings. The maximum atomic E-state index is 13.0. The van der Waals surface area contributed by atoms with Crippen LogP contribution < -0.4 is 5.56 Å². The molecular weight excluding hydrogens is 354 g/mol. The van der Waals surface area contributed by atoms with Gasteiger partial charge in [-0.25, -0.2) is 4.98 Å². The first kappa shape index (κ1) is 16.5. The van der Waals surface area contributed by atoms with Gasteiger partial charge in [0.2, 0.25) is 5.91 Å².